The van der Waals surface area contributed by atoms with Crippen LogP contribution in [0, 0.1) is 28.6 Å². The standard InChI is InChI=1S/C19H30O5/c1-18-6-5-12(20)16(23)10(18)4-3-9-11-7-13(21)17(24)19(11,2)8-14(22)15(9)18/h4,9,11-17,20-24H,3,5-8H2,1-2H3/t9-,11-,12-,13+,14+,15+,16+,17-,18-,19-/m0/s1. The lowest BCUT2D eigenvalue weighted by atomic mass is 9.46. The van der Waals surface area contributed by atoms with Crippen LogP contribution in [0.15, 0.2) is 11.6 Å². The first kappa shape index (κ1) is 17.0. The third-order valence-electron chi connectivity index (χ3n) is 8.07. The van der Waals surface area contributed by atoms with Gasteiger partial charge in [-0.05, 0) is 60.8 Å². The summed E-state index contributed by atoms with van der Waals surface area (Å²) in [6.07, 6.45) is 1.52. The Labute approximate surface area is 143 Å². The van der Waals surface area contributed by atoms with Gasteiger partial charge in [-0.3, -0.25) is 0 Å². The second-order valence-electron chi connectivity index (χ2n) is 9.18. The van der Waals surface area contributed by atoms with E-state index < -0.39 is 35.9 Å². The van der Waals surface area contributed by atoms with Crippen LogP contribution in [0.2, 0.25) is 0 Å². The zero-order valence-corrected chi connectivity index (χ0v) is 14.5. The summed E-state index contributed by atoms with van der Waals surface area (Å²) in [5, 5.41) is 52.2. The molecule has 136 valence electrons. The maximum atomic E-state index is 11.0. The topological polar surface area (TPSA) is 101 Å². The van der Waals surface area contributed by atoms with Crippen LogP contribution in [0.4, 0.5) is 0 Å². The summed E-state index contributed by atoms with van der Waals surface area (Å²) in [6, 6.07) is 0. The van der Waals surface area contributed by atoms with Gasteiger partial charge in [0.15, 0.2) is 0 Å². The summed E-state index contributed by atoms with van der Waals surface area (Å²) < 4.78 is 0. The molecule has 5 nitrogen and oxygen atoms in total. The van der Waals surface area contributed by atoms with Gasteiger partial charge in [0.2, 0.25) is 0 Å². The molecule has 10 atom stereocenters. The molecule has 0 aromatic heterocycles. The van der Waals surface area contributed by atoms with Gasteiger partial charge < -0.3 is 25.5 Å². The minimum Gasteiger partial charge on any atom is -0.393 e. The molecule has 4 rings (SSSR count). The van der Waals surface area contributed by atoms with Crippen molar-refractivity contribution < 1.29 is 25.5 Å². The van der Waals surface area contributed by atoms with E-state index in [1.807, 2.05) is 6.92 Å². The fraction of sp³-hybridized carbons (Fsp3) is 0.895. The Morgan fingerprint density at radius 2 is 1.71 bits per heavy atom. The molecule has 0 aromatic carbocycles. The number of rotatable bonds is 0. The third-order valence-corrected chi connectivity index (χ3v) is 8.07. The molecule has 0 saturated heterocycles. The van der Waals surface area contributed by atoms with Crippen LogP contribution < -0.4 is 0 Å². The number of allylic oxidation sites excluding steroid dienone is 1. The lowest BCUT2D eigenvalue weighted by Gasteiger charge is -2.59. The molecule has 4 aliphatic carbocycles. The molecule has 0 unspecified atom stereocenters. The minimum absolute atomic E-state index is 0.00947. The van der Waals surface area contributed by atoms with Crippen molar-refractivity contribution in [2.24, 2.45) is 28.6 Å². The van der Waals surface area contributed by atoms with E-state index in [2.05, 4.69) is 13.0 Å². The van der Waals surface area contributed by atoms with Gasteiger partial charge in [-0.1, -0.05) is 19.9 Å². The van der Waals surface area contributed by atoms with Gasteiger partial charge in [-0.15, -0.1) is 0 Å². The summed E-state index contributed by atoms with van der Waals surface area (Å²) in [5.74, 6) is 0.381. The highest BCUT2D eigenvalue weighted by molar-refractivity contribution is 5.30. The highest BCUT2D eigenvalue weighted by Gasteiger charge is 2.64. The first-order valence-corrected chi connectivity index (χ1v) is 9.31. The maximum absolute atomic E-state index is 11.0. The van der Waals surface area contributed by atoms with Gasteiger partial charge in [0.1, 0.15) is 6.10 Å². The van der Waals surface area contributed by atoms with Crippen molar-refractivity contribution in [2.75, 3.05) is 0 Å². The minimum atomic E-state index is -0.843. The summed E-state index contributed by atoms with van der Waals surface area (Å²) in [5.41, 5.74) is 0.110. The Bertz CT molecular complexity index is 562. The SMILES string of the molecule is C[C@]12C[C@@H](O)[C@H]3[C@@H](CC=C4[C@@H](O)[C@@H](O)CC[C@@]43C)[C@@H]1C[C@@H](O)[C@@H]2O. The Balaban J connectivity index is 1.75. The van der Waals surface area contributed by atoms with Gasteiger partial charge in [0.05, 0.1) is 24.4 Å². The Morgan fingerprint density at radius 1 is 1.00 bits per heavy atom. The highest BCUT2D eigenvalue weighted by Crippen LogP contribution is 2.64. The number of aliphatic hydroxyl groups excluding tert-OH is 5. The zero-order chi connectivity index (χ0) is 17.4. The van der Waals surface area contributed by atoms with Crippen molar-refractivity contribution in [3.8, 4) is 0 Å². The van der Waals surface area contributed by atoms with Gasteiger partial charge in [-0.25, -0.2) is 0 Å². The van der Waals surface area contributed by atoms with Gasteiger partial charge >= 0.3 is 0 Å². The lowest BCUT2D eigenvalue weighted by molar-refractivity contribution is -0.147. The molecular formula is C19H30O5. The number of hydrogen-bond donors (Lipinski definition) is 5. The Morgan fingerprint density at radius 3 is 2.42 bits per heavy atom. The summed E-state index contributed by atoms with van der Waals surface area (Å²) in [4.78, 5) is 0. The van der Waals surface area contributed by atoms with E-state index in [-0.39, 0.29) is 23.2 Å². The monoisotopic (exact) mass is 338 g/mol. The summed E-state index contributed by atoms with van der Waals surface area (Å²) in [6.45, 7) is 4.11. The van der Waals surface area contributed by atoms with Crippen molar-refractivity contribution in [1.82, 2.24) is 0 Å². The molecule has 24 heavy (non-hydrogen) atoms. The fourth-order valence-corrected chi connectivity index (χ4v) is 6.85. The number of aliphatic hydroxyl groups is 5. The van der Waals surface area contributed by atoms with Crippen LogP contribution in [0.3, 0.4) is 0 Å². The third kappa shape index (κ3) is 1.99. The molecule has 0 aliphatic heterocycles. The predicted octanol–water partition coefficient (Wildman–Crippen LogP) is 0.583. The normalized spacial score (nSPS) is 60.0. The molecule has 5 N–H and O–H groups in total. The highest BCUT2D eigenvalue weighted by atomic mass is 16.3. The fourth-order valence-electron chi connectivity index (χ4n) is 6.85. The maximum Gasteiger partial charge on any atom is 0.101 e. The van der Waals surface area contributed by atoms with Gasteiger partial charge in [0.25, 0.3) is 0 Å². The largest absolute Gasteiger partial charge is 0.393 e. The molecule has 0 radical (unpaired) electrons. The van der Waals surface area contributed by atoms with Crippen LogP contribution in [0.25, 0.3) is 0 Å². The van der Waals surface area contributed by atoms with Crippen LogP contribution in [-0.2, 0) is 0 Å². The number of fused-ring (bicyclic) bond motifs is 5. The first-order chi connectivity index (χ1) is 11.2. The molecule has 3 saturated carbocycles. The summed E-state index contributed by atoms with van der Waals surface area (Å²) >= 11 is 0. The van der Waals surface area contributed by atoms with Crippen molar-refractivity contribution in [1.29, 1.82) is 0 Å². The molecule has 5 heteroatoms. The van der Waals surface area contributed by atoms with Crippen molar-refractivity contribution in [2.45, 2.75) is 76.5 Å². The second-order valence-corrected chi connectivity index (χ2v) is 9.18. The van der Waals surface area contributed by atoms with Gasteiger partial charge in [0, 0.05) is 5.41 Å². The zero-order valence-electron chi connectivity index (χ0n) is 14.5. The molecule has 0 heterocycles. The molecule has 4 aliphatic rings. The van der Waals surface area contributed by atoms with Gasteiger partial charge in [-0.2, -0.15) is 0 Å². The van der Waals surface area contributed by atoms with Crippen LogP contribution >= 0.6 is 0 Å². The second kappa shape index (κ2) is 5.27. The number of hydrogen-bond acceptors (Lipinski definition) is 5. The molecule has 0 amide bonds. The smallest absolute Gasteiger partial charge is 0.101 e. The van der Waals surface area contributed by atoms with Crippen LogP contribution in [-0.4, -0.2) is 56.1 Å². The predicted molar refractivity (Wildman–Crippen MR) is 87.9 cm³/mol. The molecule has 0 aromatic rings. The molecule has 3 fully saturated rings. The van der Waals surface area contributed by atoms with E-state index in [9.17, 15) is 25.5 Å². The van der Waals surface area contributed by atoms with E-state index in [1.165, 1.54) is 0 Å². The Kier molecular flexibility index (Phi) is 3.73. The lowest BCUT2D eigenvalue weighted by Crippen LogP contribution is -2.59. The van der Waals surface area contributed by atoms with Crippen molar-refractivity contribution in [3.63, 3.8) is 0 Å². The first-order valence-electron chi connectivity index (χ1n) is 9.31. The molecule has 0 spiro atoms. The van der Waals surface area contributed by atoms with E-state index in [1.54, 1.807) is 0 Å². The quantitative estimate of drug-likeness (QED) is 0.416. The van der Waals surface area contributed by atoms with Crippen LogP contribution in [0.1, 0.15) is 46.0 Å². The van der Waals surface area contributed by atoms with E-state index in [4.69, 9.17) is 0 Å². The average Bonchev–Trinajstić information content (AvgIpc) is 2.75. The van der Waals surface area contributed by atoms with E-state index in [0.29, 0.717) is 19.3 Å². The van der Waals surface area contributed by atoms with Crippen molar-refractivity contribution >= 4 is 0 Å². The molecule has 0 bridgehead atoms. The van der Waals surface area contributed by atoms with E-state index in [0.717, 1.165) is 18.4 Å². The summed E-state index contributed by atoms with van der Waals surface area (Å²) in [7, 11) is 0. The Hall–Kier alpha value is -0.460. The van der Waals surface area contributed by atoms with Crippen molar-refractivity contribution in [3.05, 3.63) is 11.6 Å². The molecular weight excluding hydrogens is 308 g/mol. The average molecular weight is 338 g/mol. The van der Waals surface area contributed by atoms with Crippen LogP contribution in [0.5, 0.6) is 0 Å². The van der Waals surface area contributed by atoms with E-state index >= 15 is 0 Å².